The van der Waals surface area contributed by atoms with E-state index in [1.165, 1.54) is 11.3 Å². The summed E-state index contributed by atoms with van der Waals surface area (Å²) in [6, 6.07) is 11.7. The molecule has 1 aliphatic heterocycles. The summed E-state index contributed by atoms with van der Waals surface area (Å²) in [5.41, 5.74) is 3.00. The highest BCUT2D eigenvalue weighted by molar-refractivity contribution is 6.32. The topological polar surface area (TPSA) is 42.0 Å². The number of methoxy groups -OCH3 is 1. The molecule has 5 nitrogen and oxygen atoms in total. The Hall–Kier alpha value is -2.40. The normalized spacial score (nSPS) is 14.4. The highest BCUT2D eigenvalue weighted by atomic mass is 35.5. The molecule has 0 aromatic heterocycles. The summed E-state index contributed by atoms with van der Waals surface area (Å²) >= 11 is 6.38. The Balaban J connectivity index is 1.73. The van der Waals surface area contributed by atoms with Crippen LogP contribution in [0.5, 0.6) is 11.5 Å². The van der Waals surface area contributed by atoms with Crippen LogP contribution in [0.1, 0.15) is 29.8 Å². The number of aryl methyl sites for hydroxylation is 1. The average Bonchev–Trinajstić information content (AvgIpc) is 2.69. The minimum Gasteiger partial charge on any atom is -0.493 e. The van der Waals surface area contributed by atoms with E-state index < -0.39 is 0 Å². The smallest absolute Gasteiger partial charge is 0.254 e. The van der Waals surface area contributed by atoms with Crippen molar-refractivity contribution in [3.05, 3.63) is 52.5 Å². The van der Waals surface area contributed by atoms with Gasteiger partial charge >= 0.3 is 0 Å². The van der Waals surface area contributed by atoms with E-state index in [1.54, 1.807) is 19.2 Å². The summed E-state index contributed by atoms with van der Waals surface area (Å²) in [6.45, 7) is 8.88. The minimum atomic E-state index is -0.0410. The van der Waals surface area contributed by atoms with E-state index in [-0.39, 0.29) is 12.0 Å². The van der Waals surface area contributed by atoms with Gasteiger partial charge < -0.3 is 19.3 Å². The van der Waals surface area contributed by atoms with E-state index in [0.29, 0.717) is 35.2 Å². The first-order valence-electron chi connectivity index (χ1n) is 9.54. The molecule has 1 amide bonds. The molecule has 0 bridgehead atoms. The fraction of sp³-hybridized carbons (Fsp3) is 0.409. The van der Waals surface area contributed by atoms with Gasteiger partial charge in [0.25, 0.3) is 5.91 Å². The lowest BCUT2D eigenvalue weighted by molar-refractivity contribution is 0.0746. The maximum atomic E-state index is 13.0. The largest absolute Gasteiger partial charge is 0.493 e. The lowest BCUT2D eigenvalue weighted by Crippen LogP contribution is -2.49. The molecule has 1 aliphatic rings. The zero-order valence-corrected chi connectivity index (χ0v) is 17.6. The number of rotatable bonds is 5. The molecule has 0 atom stereocenters. The first-order valence-corrected chi connectivity index (χ1v) is 9.92. The van der Waals surface area contributed by atoms with Gasteiger partial charge in [0.2, 0.25) is 0 Å². The Morgan fingerprint density at radius 2 is 1.79 bits per heavy atom. The van der Waals surface area contributed by atoms with Crippen molar-refractivity contribution >= 4 is 23.2 Å². The number of para-hydroxylation sites is 1. The van der Waals surface area contributed by atoms with Gasteiger partial charge in [-0.25, -0.2) is 0 Å². The Morgan fingerprint density at radius 3 is 2.39 bits per heavy atom. The van der Waals surface area contributed by atoms with Crippen molar-refractivity contribution in [3.63, 3.8) is 0 Å². The van der Waals surface area contributed by atoms with Crippen LogP contribution in [0.15, 0.2) is 36.4 Å². The Morgan fingerprint density at radius 1 is 1.11 bits per heavy atom. The lowest BCUT2D eigenvalue weighted by atomic mass is 10.1. The molecule has 28 heavy (non-hydrogen) atoms. The highest BCUT2D eigenvalue weighted by Gasteiger charge is 2.25. The lowest BCUT2D eigenvalue weighted by Gasteiger charge is -2.37. The molecular formula is C22H27ClN2O3. The van der Waals surface area contributed by atoms with Gasteiger partial charge in [-0.15, -0.1) is 0 Å². The number of anilines is 1. The summed E-state index contributed by atoms with van der Waals surface area (Å²) in [5, 5.41) is 0.384. The fourth-order valence-electron chi connectivity index (χ4n) is 3.44. The van der Waals surface area contributed by atoms with E-state index in [1.807, 2.05) is 24.8 Å². The number of halogens is 1. The summed E-state index contributed by atoms with van der Waals surface area (Å²) in [5.74, 6) is 0.906. The molecule has 0 radical (unpaired) electrons. The van der Waals surface area contributed by atoms with E-state index >= 15 is 0 Å². The molecule has 1 saturated heterocycles. The van der Waals surface area contributed by atoms with Gasteiger partial charge in [0.05, 0.1) is 18.2 Å². The summed E-state index contributed by atoms with van der Waals surface area (Å²) < 4.78 is 11.1. The van der Waals surface area contributed by atoms with Gasteiger partial charge in [0.15, 0.2) is 11.5 Å². The zero-order chi connectivity index (χ0) is 20.3. The van der Waals surface area contributed by atoms with Gasteiger partial charge in [-0.05, 0) is 44.5 Å². The summed E-state index contributed by atoms with van der Waals surface area (Å²) in [6.07, 6.45) is -0.0394. The summed E-state index contributed by atoms with van der Waals surface area (Å²) in [4.78, 5) is 17.2. The quantitative estimate of drug-likeness (QED) is 0.743. The number of carbonyl (C=O) groups is 1. The Labute approximate surface area is 171 Å². The van der Waals surface area contributed by atoms with Crippen LogP contribution >= 0.6 is 11.6 Å². The number of benzene rings is 2. The number of hydrogen-bond donors (Lipinski definition) is 0. The van der Waals surface area contributed by atoms with Crippen LogP contribution in [0.2, 0.25) is 5.02 Å². The van der Waals surface area contributed by atoms with E-state index in [2.05, 4.69) is 30.0 Å². The molecule has 0 aliphatic carbocycles. The summed E-state index contributed by atoms with van der Waals surface area (Å²) in [7, 11) is 1.55. The molecule has 2 aromatic carbocycles. The molecule has 0 saturated carbocycles. The maximum Gasteiger partial charge on any atom is 0.254 e. The molecule has 0 N–H and O–H groups in total. The van der Waals surface area contributed by atoms with Gasteiger partial charge in [-0.3, -0.25) is 4.79 Å². The predicted octanol–water partition coefficient (Wildman–Crippen LogP) is 4.41. The van der Waals surface area contributed by atoms with E-state index in [9.17, 15) is 4.79 Å². The van der Waals surface area contributed by atoms with E-state index in [0.717, 1.165) is 13.1 Å². The molecule has 6 heteroatoms. The third kappa shape index (κ3) is 4.36. The molecule has 1 fully saturated rings. The van der Waals surface area contributed by atoms with Crippen molar-refractivity contribution in [2.75, 3.05) is 38.2 Å². The number of hydrogen-bond acceptors (Lipinski definition) is 4. The van der Waals surface area contributed by atoms with E-state index in [4.69, 9.17) is 21.1 Å². The van der Waals surface area contributed by atoms with Crippen LogP contribution in [0.3, 0.4) is 0 Å². The van der Waals surface area contributed by atoms with Crippen molar-refractivity contribution < 1.29 is 14.3 Å². The van der Waals surface area contributed by atoms with Crippen molar-refractivity contribution in [1.82, 2.24) is 4.90 Å². The maximum absolute atomic E-state index is 13.0. The van der Waals surface area contributed by atoms with Crippen LogP contribution in [0.4, 0.5) is 5.69 Å². The second kappa shape index (κ2) is 8.74. The minimum absolute atomic E-state index is 0.0394. The monoisotopic (exact) mass is 402 g/mol. The number of carbonyl (C=O) groups excluding carboxylic acids is 1. The van der Waals surface area contributed by atoms with Crippen LogP contribution < -0.4 is 14.4 Å². The first-order chi connectivity index (χ1) is 13.4. The molecule has 0 spiro atoms. The number of ether oxygens (including phenoxy) is 2. The van der Waals surface area contributed by atoms with Gasteiger partial charge in [-0.1, -0.05) is 29.8 Å². The number of nitrogens with zero attached hydrogens (tertiary/aromatic N) is 2. The predicted molar refractivity (Wildman–Crippen MR) is 113 cm³/mol. The third-order valence-electron chi connectivity index (χ3n) is 4.85. The van der Waals surface area contributed by atoms with Crippen LogP contribution in [-0.2, 0) is 0 Å². The second-order valence-corrected chi connectivity index (χ2v) is 7.63. The fourth-order valence-corrected chi connectivity index (χ4v) is 3.70. The Bertz CT molecular complexity index is 846. The van der Waals surface area contributed by atoms with Crippen LogP contribution in [0, 0.1) is 6.92 Å². The van der Waals surface area contributed by atoms with Gasteiger partial charge in [-0.2, -0.15) is 0 Å². The van der Waals surface area contributed by atoms with Gasteiger partial charge in [0, 0.05) is 37.4 Å². The highest BCUT2D eigenvalue weighted by Crippen LogP contribution is 2.37. The molecular weight excluding hydrogens is 376 g/mol. The molecule has 0 unspecified atom stereocenters. The Kier molecular flexibility index (Phi) is 6.35. The molecule has 2 aromatic rings. The molecule has 150 valence electrons. The van der Waals surface area contributed by atoms with Crippen molar-refractivity contribution in [1.29, 1.82) is 0 Å². The average molecular weight is 403 g/mol. The molecule has 3 rings (SSSR count). The van der Waals surface area contributed by atoms with Gasteiger partial charge in [0.1, 0.15) is 0 Å². The number of amides is 1. The van der Waals surface area contributed by atoms with Crippen LogP contribution in [-0.4, -0.2) is 50.2 Å². The van der Waals surface area contributed by atoms with Crippen LogP contribution in [0.25, 0.3) is 0 Å². The number of piperazine rings is 1. The second-order valence-electron chi connectivity index (χ2n) is 7.22. The third-order valence-corrected chi connectivity index (χ3v) is 5.13. The SMILES string of the molecule is COc1cc(C(=O)N2CCN(c3ccccc3C)CC2)cc(Cl)c1OC(C)C. The standard InChI is InChI=1S/C22H27ClN2O3/c1-15(2)28-21-18(23)13-17(14-20(21)27-4)22(26)25-11-9-24(10-12-25)19-8-6-5-7-16(19)3/h5-8,13-15H,9-12H2,1-4H3. The zero-order valence-electron chi connectivity index (χ0n) is 16.9. The van der Waals surface area contributed by atoms with Crippen molar-refractivity contribution in [2.24, 2.45) is 0 Å². The first kappa shape index (κ1) is 20.3. The van der Waals surface area contributed by atoms with Crippen molar-refractivity contribution in [3.8, 4) is 11.5 Å². The van der Waals surface area contributed by atoms with Crippen molar-refractivity contribution in [2.45, 2.75) is 26.9 Å². The molecule has 1 heterocycles.